The molecule has 0 radical (unpaired) electrons. The topological polar surface area (TPSA) is 0 Å². The smallest absolute Gasteiger partial charge is 0.0181 e. The quantitative estimate of drug-likeness (QED) is 0.162. The van der Waals surface area contributed by atoms with Gasteiger partial charge in [0.1, 0.15) is 0 Å². The molecule has 0 aliphatic rings. The van der Waals surface area contributed by atoms with E-state index in [2.05, 4.69) is 424 Å². The zero-order valence-electron chi connectivity index (χ0n) is 67.1. The van der Waals surface area contributed by atoms with Crippen molar-refractivity contribution in [1.29, 1.82) is 0 Å². The van der Waals surface area contributed by atoms with Crippen LogP contribution in [-0.2, 0) is 0 Å². The number of hydrogen-bond donors (Lipinski definition) is 0. The van der Waals surface area contributed by atoms with Crippen molar-refractivity contribution in [3.05, 3.63) is 398 Å². The Hall–Kier alpha value is -9.36. The number of hydrogen-bond acceptors (Lipinski definition) is 0. The van der Waals surface area contributed by atoms with Crippen LogP contribution < -0.4 is 0 Å². The first-order chi connectivity index (χ1) is 47.2. The van der Waals surface area contributed by atoms with Crippen LogP contribution in [-0.4, -0.2) is 0 Å². The Bertz CT molecular complexity index is 4000. The van der Waals surface area contributed by atoms with Crippen LogP contribution in [0.4, 0.5) is 0 Å². The molecule has 0 spiro atoms. The summed E-state index contributed by atoms with van der Waals surface area (Å²) < 4.78 is 0. The predicted molar refractivity (Wildman–Crippen MR) is 448 cm³/mol. The van der Waals surface area contributed by atoms with Gasteiger partial charge in [0, 0.05) is 0 Å². The lowest BCUT2D eigenvalue weighted by atomic mass is 10.0. The van der Waals surface area contributed by atoms with E-state index < -0.39 is 0 Å². The Morgan fingerprint density at radius 2 is 0.300 bits per heavy atom. The average Bonchev–Trinajstić information content (AvgIpc) is 0.863. The fourth-order valence-electron chi connectivity index (χ4n) is 10.5. The summed E-state index contributed by atoms with van der Waals surface area (Å²) in [5, 5.41) is 0. The molecule has 100 heavy (non-hydrogen) atoms. The number of aryl methyl sites for hydroxylation is 24. The van der Waals surface area contributed by atoms with Crippen LogP contribution in [0.25, 0.3) is 22.3 Å². The van der Waals surface area contributed by atoms with Gasteiger partial charge in [0.15, 0.2) is 0 Å². The van der Waals surface area contributed by atoms with Gasteiger partial charge in [-0.15, -0.1) is 0 Å². The van der Waals surface area contributed by atoms with Gasteiger partial charge in [-0.2, -0.15) is 0 Å². The standard InChI is InChI=1S/2C14H14.2C10H14.4C9H12.2C8H10/c2*1-11-8-9-14(10-12(11)2)13-6-4-3-5-7-13;2*1-7-5-8(2)10(4)9(3)6-7;2*1-7-4-5-8(2)9(3)6-7;2*1-7-5-4-6-8(2)9(7)3;2*1-7-5-3-4-6-8(7)2/h2*3-10H,1-2H3;2*5-6H,1-4H3;4*4-6H,1-3H3;2*3-6H,1-2H3. The molecule has 0 saturated carbocycles. The highest BCUT2D eigenvalue weighted by atomic mass is 14.1. The Morgan fingerprint density at radius 3 is 0.510 bits per heavy atom. The monoisotopic (exact) mass is 1320 g/mol. The van der Waals surface area contributed by atoms with E-state index >= 15 is 0 Å². The fraction of sp³-hybridized carbons (Fsp3) is 0.280. The largest absolute Gasteiger partial charge is 0.0622 e. The van der Waals surface area contributed by atoms with Crippen LogP contribution in [0.1, 0.15) is 156 Å². The van der Waals surface area contributed by atoms with Gasteiger partial charge in [0.2, 0.25) is 0 Å². The summed E-state index contributed by atoms with van der Waals surface area (Å²) in [7, 11) is 0. The molecular weight excluding hydrogens is 1200 g/mol. The minimum absolute atomic E-state index is 1.29. The van der Waals surface area contributed by atoms with Gasteiger partial charge in [-0.3, -0.25) is 0 Å². The molecule has 0 unspecified atom stereocenters. The maximum atomic E-state index is 2.24. The third kappa shape index (κ3) is 30.8. The van der Waals surface area contributed by atoms with Gasteiger partial charge in [-0.25, -0.2) is 0 Å². The summed E-state index contributed by atoms with van der Waals surface area (Å²) in [6.45, 7) is 60.0. The summed E-state index contributed by atoms with van der Waals surface area (Å²) in [6.07, 6.45) is 0. The minimum Gasteiger partial charge on any atom is -0.0622 e. The zero-order chi connectivity index (χ0) is 74.8. The van der Waals surface area contributed by atoms with E-state index in [9.17, 15) is 0 Å². The van der Waals surface area contributed by atoms with Crippen LogP contribution in [0.15, 0.2) is 243 Å². The van der Waals surface area contributed by atoms with Crippen molar-refractivity contribution >= 4 is 0 Å². The number of rotatable bonds is 2. The van der Waals surface area contributed by atoms with E-state index in [1.165, 1.54) is 178 Å². The second kappa shape index (κ2) is 43.9. The van der Waals surface area contributed by atoms with Crippen molar-refractivity contribution in [3.8, 4) is 22.3 Å². The molecule has 0 aliphatic heterocycles. The third-order valence-corrected chi connectivity index (χ3v) is 19.3. The lowest BCUT2D eigenvalue weighted by Gasteiger charge is -2.04. The maximum Gasteiger partial charge on any atom is -0.0181 e. The van der Waals surface area contributed by atoms with Crippen LogP contribution in [0.5, 0.6) is 0 Å². The zero-order valence-corrected chi connectivity index (χ0v) is 67.1. The Balaban J connectivity index is 0.000000291. The molecule has 12 rings (SSSR count). The van der Waals surface area contributed by atoms with Crippen molar-refractivity contribution < 1.29 is 0 Å². The van der Waals surface area contributed by atoms with E-state index in [1.54, 1.807) is 0 Å². The minimum atomic E-state index is 1.29. The van der Waals surface area contributed by atoms with Crippen LogP contribution in [0.3, 0.4) is 0 Å². The SMILES string of the molecule is Cc1cc(C)c(C)c(C)c1.Cc1cc(C)c(C)c(C)c1.Cc1ccc(-c2ccccc2)cc1C.Cc1ccc(-c2ccccc2)cc1C.Cc1ccc(C)c(C)c1.Cc1ccc(C)c(C)c1.Cc1cccc(C)c1C.Cc1cccc(C)c1C.Cc1ccccc1C.Cc1ccccc1C. The van der Waals surface area contributed by atoms with Crippen LogP contribution in [0.2, 0.25) is 0 Å². The van der Waals surface area contributed by atoms with Crippen molar-refractivity contribution in [2.75, 3.05) is 0 Å². The normalized spacial score (nSPS) is 9.80. The molecule has 0 saturated heterocycles. The molecule has 0 heteroatoms. The molecule has 0 bridgehead atoms. The second-order valence-electron chi connectivity index (χ2n) is 27.8. The lowest BCUT2D eigenvalue weighted by molar-refractivity contribution is 1.23. The van der Waals surface area contributed by atoms with Gasteiger partial charge >= 0.3 is 0 Å². The summed E-state index contributed by atoms with van der Waals surface area (Å²) in [6, 6.07) is 85.5. The molecule has 0 nitrogen and oxygen atoms in total. The Morgan fingerprint density at radius 1 is 0.110 bits per heavy atom. The van der Waals surface area contributed by atoms with Gasteiger partial charge in [0.05, 0.1) is 0 Å². The average molecular weight is 1330 g/mol. The molecule has 0 heterocycles. The molecule has 0 atom stereocenters. The van der Waals surface area contributed by atoms with Crippen LogP contribution in [0, 0.1) is 194 Å². The van der Waals surface area contributed by atoms with Gasteiger partial charge in [0.25, 0.3) is 0 Å². The summed E-state index contributed by atoms with van der Waals surface area (Å²) >= 11 is 0. The Labute approximate surface area is 610 Å². The molecular formula is C100H124. The molecule has 0 fully saturated rings. The van der Waals surface area contributed by atoms with Gasteiger partial charge < -0.3 is 0 Å². The Kier molecular flexibility index (Phi) is 37.3. The van der Waals surface area contributed by atoms with Crippen molar-refractivity contribution in [1.82, 2.24) is 0 Å². The highest BCUT2D eigenvalue weighted by Crippen LogP contribution is 2.24. The summed E-state index contributed by atoms with van der Waals surface area (Å²) in [4.78, 5) is 0. The first kappa shape index (κ1) is 84.9. The lowest BCUT2D eigenvalue weighted by Crippen LogP contribution is -1.86. The molecule has 524 valence electrons. The predicted octanol–water partition coefficient (Wildman–Crippen LogP) is 28.8. The van der Waals surface area contributed by atoms with Crippen LogP contribution >= 0.6 is 0 Å². The first-order valence-electron chi connectivity index (χ1n) is 35.7. The number of benzene rings is 12. The molecule has 12 aromatic carbocycles. The van der Waals surface area contributed by atoms with Crippen molar-refractivity contribution in [2.24, 2.45) is 0 Å². The van der Waals surface area contributed by atoms with E-state index in [1.807, 2.05) is 12.1 Å². The summed E-state index contributed by atoms with van der Waals surface area (Å²) in [5.74, 6) is 0. The second-order valence-corrected chi connectivity index (χ2v) is 27.8. The first-order valence-corrected chi connectivity index (χ1v) is 35.7. The highest BCUT2D eigenvalue weighted by molar-refractivity contribution is 5.65. The molecule has 0 N–H and O–H groups in total. The van der Waals surface area contributed by atoms with Crippen molar-refractivity contribution in [3.63, 3.8) is 0 Å². The van der Waals surface area contributed by atoms with Gasteiger partial charge in [-0.1, -0.05) is 265 Å². The van der Waals surface area contributed by atoms with E-state index in [0.29, 0.717) is 0 Å². The highest BCUT2D eigenvalue weighted by Gasteiger charge is 2.02. The fourth-order valence-corrected chi connectivity index (χ4v) is 10.5. The molecule has 0 amide bonds. The maximum absolute atomic E-state index is 2.24. The summed E-state index contributed by atoms with van der Waals surface area (Å²) in [5.41, 5.74) is 43.8. The third-order valence-electron chi connectivity index (χ3n) is 19.3. The van der Waals surface area contributed by atoms with Gasteiger partial charge in [-0.05, 0) is 350 Å². The van der Waals surface area contributed by atoms with E-state index in [-0.39, 0.29) is 0 Å². The molecule has 0 aromatic heterocycles. The van der Waals surface area contributed by atoms with Crippen molar-refractivity contribution in [2.45, 2.75) is 194 Å². The van der Waals surface area contributed by atoms with E-state index in [0.717, 1.165) is 0 Å². The molecule has 12 aromatic rings. The van der Waals surface area contributed by atoms with E-state index in [4.69, 9.17) is 0 Å². The molecule has 0 aliphatic carbocycles.